The summed E-state index contributed by atoms with van der Waals surface area (Å²) in [6.07, 6.45) is 0. The van der Waals surface area contributed by atoms with Gasteiger partial charge in [-0.15, -0.1) is 0 Å². The summed E-state index contributed by atoms with van der Waals surface area (Å²) in [5.74, 6) is -0.272. The molecule has 100 valence electrons. The number of nitro benzene ring substituents is 1. The molecule has 6 heteroatoms. The Hall–Kier alpha value is -2.94. The number of hydrogen-bond donors (Lipinski definition) is 0. The van der Waals surface area contributed by atoms with Gasteiger partial charge in [0.15, 0.2) is 0 Å². The van der Waals surface area contributed by atoms with Crippen LogP contribution in [0.5, 0.6) is 11.5 Å². The van der Waals surface area contributed by atoms with Gasteiger partial charge in [-0.3, -0.25) is 10.1 Å². The second-order valence-corrected chi connectivity index (χ2v) is 4.03. The molecule has 0 fully saturated rings. The van der Waals surface area contributed by atoms with E-state index in [1.54, 1.807) is 13.0 Å². The lowest BCUT2D eigenvalue weighted by molar-refractivity contribution is -0.384. The highest BCUT2D eigenvalue weighted by molar-refractivity contribution is 5.49. The van der Waals surface area contributed by atoms with Crippen molar-refractivity contribution in [1.82, 2.24) is 0 Å². The molecule has 0 aromatic heterocycles. The van der Waals surface area contributed by atoms with Crippen LogP contribution < -0.4 is 4.74 Å². The van der Waals surface area contributed by atoms with E-state index in [9.17, 15) is 14.5 Å². The highest BCUT2D eigenvalue weighted by Crippen LogP contribution is 2.30. The first-order chi connectivity index (χ1) is 9.52. The Kier molecular flexibility index (Phi) is 3.62. The number of nitrogens with zero attached hydrogens (tertiary/aromatic N) is 2. The molecule has 0 heterocycles. The van der Waals surface area contributed by atoms with Crippen LogP contribution in [0.15, 0.2) is 36.4 Å². The lowest BCUT2D eigenvalue weighted by Gasteiger charge is -2.10. The minimum absolute atomic E-state index is 0.0606. The van der Waals surface area contributed by atoms with Gasteiger partial charge < -0.3 is 4.74 Å². The largest absolute Gasteiger partial charge is 0.456 e. The van der Waals surface area contributed by atoms with Gasteiger partial charge in [0, 0.05) is 12.1 Å². The van der Waals surface area contributed by atoms with Crippen LogP contribution in [-0.2, 0) is 0 Å². The minimum Gasteiger partial charge on any atom is -0.456 e. The fourth-order valence-electron chi connectivity index (χ4n) is 1.68. The van der Waals surface area contributed by atoms with E-state index in [2.05, 4.69) is 0 Å². The zero-order chi connectivity index (χ0) is 14.7. The highest BCUT2D eigenvalue weighted by Gasteiger charge is 2.13. The third kappa shape index (κ3) is 2.57. The maximum absolute atomic E-state index is 13.4. The second kappa shape index (κ2) is 5.36. The molecule has 0 saturated carbocycles. The lowest BCUT2D eigenvalue weighted by atomic mass is 10.2. The smallest absolute Gasteiger partial charge is 0.269 e. The van der Waals surface area contributed by atoms with Crippen LogP contribution in [-0.4, -0.2) is 4.92 Å². The van der Waals surface area contributed by atoms with E-state index >= 15 is 0 Å². The van der Waals surface area contributed by atoms with Gasteiger partial charge in [-0.05, 0) is 30.7 Å². The maximum atomic E-state index is 13.4. The van der Waals surface area contributed by atoms with Crippen LogP contribution in [0.25, 0.3) is 0 Å². The third-order valence-electron chi connectivity index (χ3n) is 2.68. The summed E-state index contributed by atoms with van der Waals surface area (Å²) in [5.41, 5.74) is 0.257. The summed E-state index contributed by atoms with van der Waals surface area (Å²) < 4.78 is 18.9. The molecular formula is C14H9FN2O3. The number of nitriles is 1. The standard InChI is InChI=1S/C14H9FN2O3/c1-9-7-10(17(18)19)5-6-13(9)20-14-4-2-3-12(15)11(14)8-16/h2-7H,1H3. The summed E-state index contributed by atoms with van der Waals surface area (Å²) in [6, 6.07) is 9.82. The molecule has 0 aliphatic heterocycles. The van der Waals surface area contributed by atoms with Crippen LogP contribution >= 0.6 is 0 Å². The number of hydrogen-bond acceptors (Lipinski definition) is 4. The molecule has 0 amide bonds. The SMILES string of the molecule is Cc1cc([N+](=O)[O-])ccc1Oc1cccc(F)c1C#N. The second-order valence-electron chi connectivity index (χ2n) is 4.03. The van der Waals surface area contributed by atoms with Crippen LogP contribution in [0.3, 0.4) is 0 Å². The summed E-state index contributed by atoms with van der Waals surface area (Å²) in [5, 5.41) is 19.5. The van der Waals surface area contributed by atoms with Crippen molar-refractivity contribution in [1.29, 1.82) is 5.26 Å². The number of halogens is 1. The van der Waals surface area contributed by atoms with E-state index in [0.29, 0.717) is 11.3 Å². The zero-order valence-electron chi connectivity index (χ0n) is 10.5. The van der Waals surface area contributed by atoms with Crippen molar-refractivity contribution in [3.05, 3.63) is 63.5 Å². The predicted molar refractivity (Wildman–Crippen MR) is 69.0 cm³/mol. The molecule has 20 heavy (non-hydrogen) atoms. The molecule has 0 radical (unpaired) electrons. The molecule has 2 aromatic rings. The number of aryl methyl sites for hydroxylation is 1. The minimum atomic E-state index is -0.676. The monoisotopic (exact) mass is 272 g/mol. The normalized spacial score (nSPS) is 9.85. The average Bonchev–Trinajstić information content (AvgIpc) is 2.41. The van der Waals surface area contributed by atoms with Crippen molar-refractivity contribution >= 4 is 5.69 Å². The molecule has 0 N–H and O–H groups in total. The van der Waals surface area contributed by atoms with Crippen LogP contribution in [0.2, 0.25) is 0 Å². The summed E-state index contributed by atoms with van der Waals surface area (Å²) in [6.45, 7) is 1.63. The topological polar surface area (TPSA) is 76.2 Å². The Morgan fingerprint density at radius 1 is 1.30 bits per heavy atom. The van der Waals surface area contributed by atoms with Crippen molar-refractivity contribution in [2.75, 3.05) is 0 Å². The van der Waals surface area contributed by atoms with Crippen molar-refractivity contribution in [3.63, 3.8) is 0 Å². The van der Waals surface area contributed by atoms with Gasteiger partial charge in [-0.1, -0.05) is 6.07 Å². The Morgan fingerprint density at radius 2 is 2.05 bits per heavy atom. The Balaban J connectivity index is 2.39. The van der Waals surface area contributed by atoms with Gasteiger partial charge in [0.05, 0.1) is 4.92 Å². The Bertz CT molecular complexity index is 723. The van der Waals surface area contributed by atoms with Crippen LogP contribution in [0.1, 0.15) is 11.1 Å². The third-order valence-corrected chi connectivity index (χ3v) is 2.68. The Labute approximate surface area is 114 Å². The number of benzene rings is 2. The maximum Gasteiger partial charge on any atom is 0.269 e. The number of non-ortho nitro benzene ring substituents is 1. The van der Waals surface area contributed by atoms with E-state index in [0.717, 1.165) is 6.07 Å². The Morgan fingerprint density at radius 3 is 2.65 bits per heavy atom. The number of nitro groups is 1. The van der Waals surface area contributed by atoms with Gasteiger partial charge in [0.1, 0.15) is 28.9 Å². The molecule has 0 aliphatic carbocycles. The first-order valence-corrected chi connectivity index (χ1v) is 5.64. The first kappa shape index (κ1) is 13.5. The summed E-state index contributed by atoms with van der Waals surface area (Å²) in [4.78, 5) is 10.1. The fraction of sp³-hybridized carbons (Fsp3) is 0.0714. The molecule has 0 unspecified atom stereocenters. The average molecular weight is 272 g/mol. The van der Waals surface area contributed by atoms with E-state index < -0.39 is 10.7 Å². The predicted octanol–water partition coefficient (Wildman–Crippen LogP) is 3.71. The van der Waals surface area contributed by atoms with Crippen molar-refractivity contribution in [2.24, 2.45) is 0 Å². The number of ether oxygens (including phenoxy) is 1. The molecule has 0 bridgehead atoms. The quantitative estimate of drug-likeness (QED) is 0.630. The molecule has 0 atom stereocenters. The number of rotatable bonds is 3. The van der Waals surface area contributed by atoms with Gasteiger partial charge in [-0.25, -0.2) is 4.39 Å². The molecule has 0 spiro atoms. The lowest BCUT2D eigenvalue weighted by Crippen LogP contribution is -1.94. The molecule has 5 nitrogen and oxygen atoms in total. The van der Waals surface area contributed by atoms with E-state index in [-0.39, 0.29) is 17.0 Å². The molecule has 0 saturated heterocycles. The van der Waals surface area contributed by atoms with Gasteiger partial charge >= 0.3 is 0 Å². The fourth-order valence-corrected chi connectivity index (χ4v) is 1.68. The van der Waals surface area contributed by atoms with Gasteiger partial charge in [0.25, 0.3) is 5.69 Å². The highest BCUT2D eigenvalue weighted by atomic mass is 19.1. The molecule has 2 rings (SSSR count). The molecular weight excluding hydrogens is 263 g/mol. The van der Waals surface area contributed by atoms with Crippen molar-refractivity contribution in [2.45, 2.75) is 6.92 Å². The van der Waals surface area contributed by atoms with Gasteiger partial charge in [0.2, 0.25) is 0 Å². The zero-order valence-corrected chi connectivity index (χ0v) is 10.5. The van der Waals surface area contributed by atoms with Crippen LogP contribution in [0.4, 0.5) is 10.1 Å². The van der Waals surface area contributed by atoms with Gasteiger partial charge in [-0.2, -0.15) is 5.26 Å². The molecule has 0 aliphatic rings. The van der Waals surface area contributed by atoms with E-state index in [1.807, 2.05) is 0 Å². The van der Waals surface area contributed by atoms with Crippen LogP contribution in [0, 0.1) is 34.2 Å². The van der Waals surface area contributed by atoms with E-state index in [4.69, 9.17) is 10.00 Å². The summed E-state index contributed by atoms with van der Waals surface area (Å²) >= 11 is 0. The van der Waals surface area contributed by atoms with Crippen molar-refractivity contribution in [3.8, 4) is 17.6 Å². The van der Waals surface area contributed by atoms with E-state index in [1.165, 1.54) is 30.3 Å². The molecule has 2 aromatic carbocycles. The van der Waals surface area contributed by atoms with Crippen molar-refractivity contribution < 1.29 is 14.1 Å². The summed E-state index contributed by atoms with van der Waals surface area (Å²) in [7, 11) is 0. The first-order valence-electron chi connectivity index (χ1n) is 5.64.